The Labute approximate surface area is 207 Å². The third kappa shape index (κ3) is 4.46. The van der Waals surface area contributed by atoms with E-state index in [9.17, 15) is 4.79 Å². The minimum atomic E-state index is -0.610. The molecule has 1 unspecified atom stereocenters. The molecular weight excluding hydrogens is 479 g/mol. The van der Waals surface area contributed by atoms with Gasteiger partial charge in [0.15, 0.2) is 11.5 Å². The number of anilines is 1. The molecule has 0 bridgehead atoms. The average molecular weight is 499 g/mol. The quantitative estimate of drug-likeness (QED) is 0.430. The van der Waals surface area contributed by atoms with Gasteiger partial charge in [-0.1, -0.05) is 6.07 Å². The van der Waals surface area contributed by atoms with Crippen molar-refractivity contribution in [2.45, 2.75) is 12.5 Å². The first kappa shape index (κ1) is 24.8. The fraction of sp³-hybridized carbons (Fsp3) is 0.174. The zero-order valence-electron chi connectivity index (χ0n) is 18.0. The lowest BCUT2D eigenvalue weighted by atomic mass is 9.93. The van der Waals surface area contributed by atoms with Crippen molar-refractivity contribution >= 4 is 47.3 Å². The van der Waals surface area contributed by atoms with E-state index >= 15 is 0 Å². The number of nitrogens with zero attached hydrogens (tertiary/aromatic N) is 5. The Bertz CT molecular complexity index is 1370. The number of hydrogen-bond donors (Lipinski definition) is 1. The number of carbonyl (C=O) groups is 1. The summed E-state index contributed by atoms with van der Waals surface area (Å²) < 4.78 is 13.4. The molecule has 2 aromatic carbocycles. The predicted molar refractivity (Wildman–Crippen MR) is 130 cm³/mol. The van der Waals surface area contributed by atoms with E-state index in [0.29, 0.717) is 52.5 Å². The monoisotopic (exact) mass is 498 g/mol. The van der Waals surface area contributed by atoms with Crippen LogP contribution in [-0.4, -0.2) is 39.1 Å². The van der Waals surface area contributed by atoms with Gasteiger partial charge in [0.05, 0.1) is 42.8 Å². The molecule has 1 N–H and O–H groups in total. The number of aromatic nitrogens is 4. The Morgan fingerprint density at radius 3 is 2.76 bits per heavy atom. The first-order valence-electron chi connectivity index (χ1n) is 9.94. The summed E-state index contributed by atoms with van der Waals surface area (Å²) in [6.07, 6.45) is 6.75. The molecular formula is C23H20Cl2N6O3. The lowest BCUT2D eigenvalue weighted by Gasteiger charge is -2.15. The van der Waals surface area contributed by atoms with Crippen molar-refractivity contribution in [3.8, 4) is 17.6 Å². The van der Waals surface area contributed by atoms with Gasteiger partial charge in [0.2, 0.25) is 5.91 Å². The van der Waals surface area contributed by atoms with Gasteiger partial charge in [-0.2, -0.15) is 5.26 Å². The van der Waals surface area contributed by atoms with Crippen LogP contribution in [0.15, 0.2) is 55.4 Å². The number of nitriles is 1. The van der Waals surface area contributed by atoms with Gasteiger partial charge >= 0.3 is 0 Å². The van der Waals surface area contributed by atoms with Crippen LogP contribution >= 0.6 is 24.8 Å². The van der Waals surface area contributed by atoms with E-state index in [-0.39, 0.29) is 30.7 Å². The number of fused-ring (bicyclic) bond motifs is 2. The van der Waals surface area contributed by atoms with Crippen LogP contribution in [0.5, 0.6) is 11.5 Å². The van der Waals surface area contributed by atoms with Crippen LogP contribution in [0.25, 0.3) is 10.9 Å². The van der Waals surface area contributed by atoms with Crippen LogP contribution in [0.3, 0.4) is 0 Å². The molecule has 1 atom stereocenters. The summed E-state index contributed by atoms with van der Waals surface area (Å²) in [5.41, 5.74) is 3.09. The number of amides is 1. The third-order valence-electron chi connectivity index (χ3n) is 5.40. The number of imidazole rings is 1. The van der Waals surface area contributed by atoms with E-state index in [1.165, 1.54) is 6.33 Å². The Kier molecular flexibility index (Phi) is 7.56. The summed E-state index contributed by atoms with van der Waals surface area (Å²) in [6.45, 7) is 1.07. The highest BCUT2D eigenvalue weighted by atomic mass is 35.5. The van der Waals surface area contributed by atoms with Gasteiger partial charge in [-0.3, -0.25) is 4.79 Å². The summed E-state index contributed by atoms with van der Waals surface area (Å²) in [4.78, 5) is 25.7. The highest BCUT2D eigenvalue weighted by Crippen LogP contribution is 2.41. The maximum Gasteiger partial charge on any atom is 0.238 e. The average Bonchev–Trinajstić information content (AvgIpc) is 3.44. The molecule has 1 aliphatic rings. The number of carbonyl (C=O) groups excluding carboxylic acids is 1. The molecule has 0 saturated carbocycles. The standard InChI is InChI=1S/C23H18N6O3.2ClH/c1-31-19-9-16-17(10-20(19)32-7-6-29-5-4-25-13-29)26-12-27-22(16)21-15-3-2-14(11-24)8-18(15)28-23(21)30;;/h2-5,8-10,12-13,21H,6-7H2,1H3,(H,28,30);2*1H. The molecule has 4 aromatic rings. The fourth-order valence-corrected chi connectivity index (χ4v) is 3.87. The van der Waals surface area contributed by atoms with Gasteiger partial charge in [0, 0.05) is 29.5 Å². The highest BCUT2D eigenvalue weighted by Gasteiger charge is 2.34. The number of halogens is 2. The van der Waals surface area contributed by atoms with Crippen molar-refractivity contribution in [2.24, 2.45) is 0 Å². The predicted octanol–water partition coefficient (Wildman–Crippen LogP) is 3.71. The van der Waals surface area contributed by atoms with Crippen molar-refractivity contribution in [1.29, 1.82) is 5.26 Å². The second-order valence-corrected chi connectivity index (χ2v) is 7.26. The highest BCUT2D eigenvalue weighted by molar-refractivity contribution is 6.07. The number of methoxy groups -OCH3 is 1. The first-order valence-corrected chi connectivity index (χ1v) is 9.94. The first-order chi connectivity index (χ1) is 15.7. The molecule has 2 aromatic heterocycles. The van der Waals surface area contributed by atoms with Crippen LogP contribution in [0.2, 0.25) is 0 Å². The molecule has 0 aliphatic carbocycles. The van der Waals surface area contributed by atoms with E-state index in [1.54, 1.807) is 50.0 Å². The Balaban J connectivity index is 0.00000162. The van der Waals surface area contributed by atoms with Crippen LogP contribution in [-0.2, 0) is 11.3 Å². The van der Waals surface area contributed by atoms with Crippen molar-refractivity contribution in [1.82, 2.24) is 19.5 Å². The van der Waals surface area contributed by atoms with Gasteiger partial charge < -0.3 is 19.4 Å². The minimum absolute atomic E-state index is 0. The van der Waals surface area contributed by atoms with E-state index in [0.717, 1.165) is 5.56 Å². The van der Waals surface area contributed by atoms with E-state index in [4.69, 9.17) is 14.7 Å². The number of ether oxygens (including phenoxy) is 2. The lowest BCUT2D eigenvalue weighted by molar-refractivity contribution is -0.116. The summed E-state index contributed by atoms with van der Waals surface area (Å²) in [5.74, 6) is 0.271. The summed E-state index contributed by atoms with van der Waals surface area (Å²) in [6, 6.07) is 10.8. The Morgan fingerprint density at radius 1 is 1.18 bits per heavy atom. The third-order valence-corrected chi connectivity index (χ3v) is 5.40. The molecule has 1 amide bonds. The van der Waals surface area contributed by atoms with Gasteiger partial charge in [0.1, 0.15) is 18.9 Å². The maximum atomic E-state index is 12.8. The molecule has 0 saturated heterocycles. The normalized spacial score (nSPS) is 13.8. The second-order valence-electron chi connectivity index (χ2n) is 7.26. The topological polar surface area (TPSA) is 115 Å². The van der Waals surface area contributed by atoms with Gasteiger partial charge in [-0.05, 0) is 23.8 Å². The van der Waals surface area contributed by atoms with Gasteiger partial charge in [-0.25, -0.2) is 15.0 Å². The van der Waals surface area contributed by atoms with Crippen LogP contribution < -0.4 is 14.8 Å². The van der Waals surface area contributed by atoms with Crippen LogP contribution in [0.4, 0.5) is 5.69 Å². The Hall–Kier alpha value is -3.87. The molecule has 11 heteroatoms. The molecule has 0 radical (unpaired) electrons. The number of rotatable bonds is 6. The number of nitrogens with one attached hydrogen (secondary N) is 1. The molecule has 5 rings (SSSR count). The van der Waals surface area contributed by atoms with Crippen LogP contribution in [0.1, 0.15) is 22.7 Å². The zero-order valence-corrected chi connectivity index (χ0v) is 19.6. The molecule has 174 valence electrons. The SMILES string of the molecule is COc1cc2c(C3C(=O)Nc4cc(C#N)ccc43)ncnc2cc1OCCn1ccnc1.Cl.Cl. The maximum absolute atomic E-state index is 12.8. The van der Waals surface area contributed by atoms with Crippen molar-refractivity contribution in [2.75, 3.05) is 19.0 Å². The molecule has 1 aliphatic heterocycles. The zero-order chi connectivity index (χ0) is 22.1. The smallest absolute Gasteiger partial charge is 0.238 e. The minimum Gasteiger partial charge on any atom is -0.493 e. The van der Waals surface area contributed by atoms with Crippen LogP contribution in [0, 0.1) is 11.3 Å². The van der Waals surface area contributed by atoms with Crippen molar-refractivity contribution in [3.05, 3.63) is 72.2 Å². The van der Waals surface area contributed by atoms with Gasteiger partial charge in [-0.15, -0.1) is 24.8 Å². The lowest BCUT2D eigenvalue weighted by Crippen LogP contribution is -2.15. The second kappa shape index (κ2) is 10.4. The summed E-state index contributed by atoms with van der Waals surface area (Å²) in [7, 11) is 1.56. The number of hydrogen-bond acceptors (Lipinski definition) is 7. The van der Waals surface area contributed by atoms with Gasteiger partial charge in [0.25, 0.3) is 0 Å². The molecule has 0 spiro atoms. The van der Waals surface area contributed by atoms with Crippen molar-refractivity contribution < 1.29 is 14.3 Å². The van der Waals surface area contributed by atoms with Crippen molar-refractivity contribution in [3.63, 3.8) is 0 Å². The van der Waals surface area contributed by atoms with E-state index in [2.05, 4.69) is 26.3 Å². The molecule has 9 nitrogen and oxygen atoms in total. The fourth-order valence-electron chi connectivity index (χ4n) is 3.87. The number of benzene rings is 2. The molecule has 0 fully saturated rings. The molecule has 34 heavy (non-hydrogen) atoms. The Morgan fingerprint density at radius 2 is 2.03 bits per heavy atom. The summed E-state index contributed by atoms with van der Waals surface area (Å²) >= 11 is 0. The van der Waals surface area contributed by atoms with E-state index in [1.807, 2.05) is 10.8 Å². The van der Waals surface area contributed by atoms with E-state index < -0.39 is 5.92 Å². The summed E-state index contributed by atoms with van der Waals surface area (Å²) in [5, 5.41) is 12.7. The largest absolute Gasteiger partial charge is 0.493 e. The molecule has 3 heterocycles.